The molecule has 176 valence electrons. The van der Waals surface area contributed by atoms with Crippen LogP contribution in [0.1, 0.15) is 29.2 Å². The maximum absolute atomic E-state index is 10.9. The molecule has 0 amide bonds. The molecule has 9 heteroatoms. The molecule has 1 aliphatic rings. The molecule has 1 fully saturated rings. The SMILES string of the molecule is Cc1ccc(C2C(c3ccccn3)NC(=S)N2c2ccc(Sc3ccc([N+](=O)[O-])cc3)cc2)n1C. The van der Waals surface area contributed by atoms with Gasteiger partial charge in [0.2, 0.25) is 0 Å². The van der Waals surface area contributed by atoms with Crippen molar-refractivity contribution in [3.63, 3.8) is 0 Å². The molecule has 2 atom stereocenters. The molecule has 2 unspecified atom stereocenters. The highest BCUT2D eigenvalue weighted by Crippen LogP contribution is 2.42. The monoisotopic (exact) mass is 501 g/mol. The Morgan fingerprint density at radius 2 is 1.69 bits per heavy atom. The van der Waals surface area contributed by atoms with Crippen LogP contribution in [-0.4, -0.2) is 19.6 Å². The molecule has 0 aliphatic carbocycles. The third-order valence-corrected chi connectivity index (χ3v) is 7.54. The summed E-state index contributed by atoms with van der Waals surface area (Å²) in [5, 5.41) is 15.0. The van der Waals surface area contributed by atoms with Crippen LogP contribution in [-0.2, 0) is 7.05 Å². The molecule has 1 N–H and O–H groups in total. The molecule has 0 bridgehead atoms. The van der Waals surface area contributed by atoms with Crippen molar-refractivity contribution in [1.29, 1.82) is 0 Å². The number of nitrogens with zero attached hydrogens (tertiary/aromatic N) is 4. The van der Waals surface area contributed by atoms with E-state index in [0.717, 1.165) is 26.9 Å². The first-order chi connectivity index (χ1) is 16.9. The number of hydrogen-bond donors (Lipinski definition) is 1. The van der Waals surface area contributed by atoms with Crippen LogP contribution < -0.4 is 10.2 Å². The Morgan fingerprint density at radius 3 is 2.26 bits per heavy atom. The van der Waals surface area contributed by atoms with Crippen molar-refractivity contribution in [3.05, 3.63) is 112 Å². The van der Waals surface area contributed by atoms with Gasteiger partial charge in [0.1, 0.15) is 6.04 Å². The topological polar surface area (TPSA) is 76.2 Å². The van der Waals surface area contributed by atoms with Gasteiger partial charge in [0, 0.05) is 52.2 Å². The number of hydrogen-bond acceptors (Lipinski definition) is 5. The summed E-state index contributed by atoms with van der Waals surface area (Å²) in [6.07, 6.45) is 1.81. The second-order valence-corrected chi connectivity index (χ2v) is 9.84. The van der Waals surface area contributed by atoms with Gasteiger partial charge in [-0.3, -0.25) is 15.1 Å². The first-order valence-corrected chi connectivity index (χ1v) is 12.3. The molecular weight excluding hydrogens is 478 g/mol. The predicted octanol–water partition coefficient (Wildman–Crippen LogP) is 5.97. The smallest absolute Gasteiger partial charge is 0.269 e. The van der Waals surface area contributed by atoms with Crippen LogP contribution >= 0.6 is 24.0 Å². The average Bonchev–Trinajstić information content (AvgIpc) is 3.38. The number of nitro groups is 1. The van der Waals surface area contributed by atoms with E-state index in [9.17, 15) is 10.1 Å². The summed E-state index contributed by atoms with van der Waals surface area (Å²) in [4.78, 5) is 19.2. The standard InChI is InChI=1S/C26H23N5O2S2/c1-17-6-15-23(29(17)2)25-24(22-5-3-4-16-27-22)28-26(34)30(25)18-7-11-20(12-8-18)35-21-13-9-19(10-14-21)31(32)33/h3-16,24-25H,1-2H3,(H,28,34). The minimum Gasteiger partial charge on any atom is -0.351 e. The van der Waals surface area contributed by atoms with Crippen LogP contribution in [0, 0.1) is 17.0 Å². The van der Waals surface area contributed by atoms with Crippen molar-refractivity contribution in [1.82, 2.24) is 14.9 Å². The van der Waals surface area contributed by atoms with Gasteiger partial charge < -0.3 is 14.8 Å². The van der Waals surface area contributed by atoms with Gasteiger partial charge in [-0.15, -0.1) is 0 Å². The molecule has 3 heterocycles. The van der Waals surface area contributed by atoms with Crippen molar-refractivity contribution in [3.8, 4) is 0 Å². The molecule has 2 aromatic heterocycles. The van der Waals surface area contributed by atoms with Crippen molar-refractivity contribution in [2.75, 3.05) is 4.90 Å². The second kappa shape index (κ2) is 9.52. The van der Waals surface area contributed by atoms with Crippen LogP contribution in [0.3, 0.4) is 0 Å². The van der Waals surface area contributed by atoms with E-state index in [2.05, 4.69) is 58.0 Å². The van der Waals surface area contributed by atoms with Crippen molar-refractivity contribution < 1.29 is 4.92 Å². The van der Waals surface area contributed by atoms with E-state index in [4.69, 9.17) is 12.2 Å². The Morgan fingerprint density at radius 1 is 1.00 bits per heavy atom. The Hall–Kier alpha value is -3.69. The second-order valence-electron chi connectivity index (χ2n) is 8.30. The molecule has 1 aliphatic heterocycles. The average molecular weight is 502 g/mol. The summed E-state index contributed by atoms with van der Waals surface area (Å²) in [6.45, 7) is 2.09. The molecule has 35 heavy (non-hydrogen) atoms. The maximum atomic E-state index is 10.9. The lowest BCUT2D eigenvalue weighted by molar-refractivity contribution is -0.384. The quantitative estimate of drug-likeness (QED) is 0.198. The van der Waals surface area contributed by atoms with E-state index in [-0.39, 0.29) is 22.7 Å². The number of benzene rings is 2. The van der Waals surface area contributed by atoms with Gasteiger partial charge in [0.15, 0.2) is 5.11 Å². The molecule has 5 rings (SSSR count). The van der Waals surface area contributed by atoms with Gasteiger partial charge >= 0.3 is 0 Å². The van der Waals surface area contributed by atoms with Crippen LogP contribution in [0.5, 0.6) is 0 Å². The summed E-state index contributed by atoms with van der Waals surface area (Å²) in [6, 6.07) is 24.8. The number of rotatable bonds is 6. The third kappa shape index (κ3) is 4.52. The number of anilines is 1. The fourth-order valence-corrected chi connectivity index (χ4v) is 5.47. The Kier molecular flexibility index (Phi) is 6.27. The molecule has 4 aromatic rings. The Bertz CT molecular complexity index is 1370. The summed E-state index contributed by atoms with van der Waals surface area (Å²) in [5.41, 5.74) is 4.33. The van der Waals surface area contributed by atoms with Gasteiger partial charge in [-0.1, -0.05) is 17.8 Å². The molecule has 0 saturated carbocycles. The number of thiocarbonyl (C=S) groups is 1. The number of nitrogens with one attached hydrogen (secondary N) is 1. The lowest BCUT2D eigenvalue weighted by Crippen LogP contribution is -2.30. The first kappa shape index (κ1) is 23.1. The predicted molar refractivity (Wildman–Crippen MR) is 142 cm³/mol. The number of aromatic nitrogens is 2. The van der Waals surface area contributed by atoms with Crippen molar-refractivity contribution in [2.24, 2.45) is 7.05 Å². The van der Waals surface area contributed by atoms with Crippen LogP contribution in [0.2, 0.25) is 0 Å². The molecule has 0 radical (unpaired) electrons. The fourth-order valence-electron chi connectivity index (χ4n) is 4.31. The molecule has 1 saturated heterocycles. The minimum absolute atomic E-state index is 0.0655. The lowest BCUT2D eigenvalue weighted by Gasteiger charge is -2.28. The van der Waals surface area contributed by atoms with E-state index in [1.165, 1.54) is 17.8 Å². The highest BCUT2D eigenvalue weighted by molar-refractivity contribution is 7.99. The minimum atomic E-state index is -0.390. The summed E-state index contributed by atoms with van der Waals surface area (Å²) in [5.74, 6) is 0. The van der Waals surface area contributed by atoms with E-state index in [0.29, 0.717) is 5.11 Å². The summed E-state index contributed by atoms with van der Waals surface area (Å²) >= 11 is 7.37. The Balaban J connectivity index is 1.45. The molecule has 0 spiro atoms. The number of non-ortho nitro benzene ring substituents is 1. The third-order valence-electron chi connectivity index (χ3n) is 6.21. The van der Waals surface area contributed by atoms with Crippen LogP contribution in [0.15, 0.2) is 94.9 Å². The van der Waals surface area contributed by atoms with Gasteiger partial charge in [0.25, 0.3) is 5.69 Å². The zero-order valence-corrected chi connectivity index (χ0v) is 20.8. The number of aryl methyl sites for hydroxylation is 1. The zero-order chi connectivity index (χ0) is 24.5. The van der Waals surface area contributed by atoms with Gasteiger partial charge in [-0.05, 0) is 79.8 Å². The van der Waals surface area contributed by atoms with E-state index < -0.39 is 0 Å². The van der Waals surface area contributed by atoms with E-state index in [1.807, 2.05) is 30.3 Å². The summed E-state index contributed by atoms with van der Waals surface area (Å²) < 4.78 is 2.20. The fraction of sp³-hybridized carbons (Fsp3) is 0.154. The zero-order valence-electron chi connectivity index (χ0n) is 19.2. The normalized spacial score (nSPS) is 17.4. The van der Waals surface area contributed by atoms with Crippen LogP contribution in [0.25, 0.3) is 0 Å². The van der Waals surface area contributed by atoms with Gasteiger partial charge in [-0.25, -0.2) is 0 Å². The first-order valence-electron chi connectivity index (χ1n) is 11.1. The number of nitro benzene ring substituents is 1. The van der Waals surface area contributed by atoms with Crippen LogP contribution in [0.4, 0.5) is 11.4 Å². The summed E-state index contributed by atoms with van der Waals surface area (Å²) in [7, 11) is 2.07. The van der Waals surface area contributed by atoms with Gasteiger partial charge in [0.05, 0.1) is 16.7 Å². The van der Waals surface area contributed by atoms with E-state index in [1.54, 1.807) is 30.1 Å². The largest absolute Gasteiger partial charge is 0.351 e. The molecule has 7 nitrogen and oxygen atoms in total. The highest BCUT2D eigenvalue weighted by Gasteiger charge is 2.41. The molecular formula is C26H23N5O2S2. The Labute approximate surface area is 213 Å². The lowest BCUT2D eigenvalue weighted by atomic mass is 10.0. The number of pyridine rings is 1. The van der Waals surface area contributed by atoms with E-state index >= 15 is 0 Å². The van der Waals surface area contributed by atoms with Crippen molar-refractivity contribution in [2.45, 2.75) is 28.8 Å². The molecule has 2 aromatic carbocycles. The highest BCUT2D eigenvalue weighted by atomic mass is 32.2. The van der Waals surface area contributed by atoms with Crippen molar-refractivity contribution >= 4 is 40.5 Å². The van der Waals surface area contributed by atoms with Gasteiger partial charge in [-0.2, -0.15) is 0 Å². The maximum Gasteiger partial charge on any atom is 0.269 e.